The summed E-state index contributed by atoms with van der Waals surface area (Å²) >= 11 is 0. The van der Waals surface area contributed by atoms with Crippen LogP contribution in [0.15, 0.2) is 65.6 Å². The second-order valence-electron chi connectivity index (χ2n) is 12.8. The van der Waals surface area contributed by atoms with Gasteiger partial charge >= 0.3 is 12.1 Å². The standard InChI is InChI=1S/C37H28FN5O9/c1-3-37(52-36(47)51-20-9-7-19(8-10-20)43(48)49)24-14-29-32-22(16-42(29)34(45)23(24)17-50-35(37)46)31-26(41-33(44)27-6-4-5-13-39-27)12-11-21-18(2)25(38)15-28(40-32)30(21)31/h4-10,13-15,26H,3,11-12,16-17H2,1-2H3,(H,41,44)/t26-,37-/m1/s1. The molecule has 0 fully saturated rings. The molecule has 52 heavy (non-hydrogen) atoms. The Morgan fingerprint density at radius 1 is 1.13 bits per heavy atom. The van der Waals surface area contributed by atoms with Crippen LogP contribution >= 0.6 is 0 Å². The molecule has 0 saturated heterocycles. The lowest BCUT2D eigenvalue weighted by Gasteiger charge is -2.35. The first-order valence-corrected chi connectivity index (χ1v) is 16.5. The maximum atomic E-state index is 15.3. The van der Waals surface area contributed by atoms with Gasteiger partial charge in [-0.25, -0.2) is 19.0 Å². The third-order valence-corrected chi connectivity index (χ3v) is 10.1. The number of pyridine rings is 3. The Hall–Kier alpha value is -6.51. The number of carbonyl (C=O) groups excluding carboxylic acids is 3. The second-order valence-corrected chi connectivity index (χ2v) is 12.8. The second kappa shape index (κ2) is 12.1. The van der Waals surface area contributed by atoms with Crippen molar-refractivity contribution in [3.63, 3.8) is 0 Å². The van der Waals surface area contributed by atoms with Gasteiger partial charge < -0.3 is 24.1 Å². The molecular weight excluding hydrogens is 677 g/mol. The molecule has 15 heteroatoms. The number of benzene rings is 2. The molecular formula is C37H28FN5O9. The first kappa shape index (κ1) is 32.7. The predicted molar refractivity (Wildman–Crippen MR) is 180 cm³/mol. The maximum absolute atomic E-state index is 15.3. The average molecular weight is 706 g/mol. The fourth-order valence-electron chi connectivity index (χ4n) is 7.48. The number of hydrogen-bond acceptors (Lipinski definition) is 11. The number of nitro groups is 1. The normalized spacial score (nSPS) is 18.1. The van der Waals surface area contributed by atoms with Crippen molar-refractivity contribution >= 4 is 34.6 Å². The number of aryl methyl sites for hydroxylation is 1. The summed E-state index contributed by atoms with van der Waals surface area (Å²) in [5.41, 5.74) is 1.19. The number of nitro benzene ring substituents is 1. The molecule has 0 saturated carbocycles. The monoisotopic (exact) mass is 705 g/mol. The van der Waals surface area contributed by atoms with Crippen molar-refractivity contribution in [2.24, 2.45) is 0 Å². The van der Waals surface area contributed by atoms with Crippen molar-refractivity contribution in [3.8, 4) is 17.1 Å². The number of amides is 1. The van der Waals surface area contributed by atoms with E-state index in [0.29, 0.717) is 51.8 Å². The van der Waals surface area contributed by atoms with E-state index in [1.54, 1.807) is 38.1 Å². The quantitative estimate of drug-likeness (QED) is 0.100. The smallest absolute Gasteiger partial charge is 0.457 e. The van der Waals surface area contributed by atoms with Gasteiger partial charge in [0.2, 0.25) is 5.60 Å². The molecule has 0 unspecified atom stereocenters. The summed E-state index contributed by atoms with van der Waals surface area (Å²) in [6, 6.07) is 12.1. The number of fused-ring (bicyclic) bond motifs is 5. The summed E-state index contributed by atoms with van der Waals surface area (Å²) in [6.45, 7) is 2.96. The minimum absolute atomic E-state index is 0.0665. The molecule has 8 rings (SSSR count). The van der Waals surface area contributed by atoms with Gasteiger partial charge in [0.25, 0.3) is 17.2 Å². The summed E-state index contributed by atoms with van der Waals surface area (Å²) in [5, 5.41) is 14.8. The fraction of sp³-hybridized carbons (Fsp3) is 0.243. The highest BCUT2D eigenvalue weighted by Gasteiger charge is 2.51. The predicted octanol–water partition coefficient (Wildman–Crippen LogP) is 5.47. The van der Waals surface area contributed by atoms with E-state index in [1.165, 1.54) is 29.0 Å². The van der Waals surface area contributed by atoms with Crippen LogP contribution in [0.1, 0.15) is 69.7 Å². The van der Waals surface area contributed by atoms with Gasteiger partial charge in [-0.1, -0.05) is 13.0 Å². The topological polar surface area (TPSA) is 182 Å². The fourth-order valence-corrected chi connectivity index (χ4v) is 7.48. The zero-order valence-corrected chi connectivity index (χ0v) is 27.7. The van der Waals surface area contributed by atoms with Crippen LogP contribution in [0.4, 0.5) is 14.9 Å². The molecule has 5 heterocycles. The van der Waals surface area contributed by atoms with Crippen LogP contribution in [0, 0.1) is 22.9 Å². The number of non-ortho nitro benzene ring substituents is 1. The van der Waals surface area contributed by atoms with Crippen molar-refractivity contribution in [1.82, 2.24) is 19.9 Å². The zero-order valence-electron chi connectivity index (χ0n) is 27.7. The van der Waals surface area contributed by atoms with Gasteiger partial charge in [0, 0.05) is 40.9 Å². The Bertz CT molecular complexity index is 2450. The SMILES string of the molecule is CC[C@]1(OC(=O)Oc2ccc([N+](=O)[O-])cc2)C(=O)OCc2c1cc1n(c2=O)Cc2c-1nc1cc(F)c(C)c3c1c2[C@H](NC(=O)c1ccccn1)CC3. The highest BCUT2D eigenvalue weighted by molar-refractivity contribution is 5.96. The molecule has 1 N–H and O–H groups in total. The Kier molecular flexibility index (Phi) is 7.59. The highest BCUT2D eigenvalue weighted by atomic mass is 19.1. The van der Waals surface area contributed by atoms with Crippen molar-refractivity contribution in [2.75, 3.05) is 0 Å². The molecule has 0 radical (unpaired) electrons. The van der Waals surface area contributed by atoms with Crippen LogP contribution in [-0.2, 0) is 39.4 Å². The summed E-state index contributed by atoms with van der Waals surface area (Å²) in [5.74, 6) is -1.83. The Balaban J connectivity index is 1.24. The molecule has 1 aliphatic carbocycles. The Morgan fingerprint density at radius 3 is 2.63 bits per heavy atom. The number of ether oxygens (including phenoxy) is 3. The number of cyclic esters (lactones) is 1. The van der Waals surface area contributed by atoms with Crippen molar-refractivity contribution in [3.05, 3.63) is 126 Å². The number of halogens is 1. The van der Waals surface area contributed by atoms with Gasteiger partial charge in [-0.3, -0.25) is 24.7 Å². The Labute approximate surface area is 293 Å². The van der Waals surface area contributed by atoms with Crippen molar-refractivity contribution in [1.29, 1.82) is 0 Å². The number of esters is 1. The maximum Gasteiger partial charge on any atom is 0.515 e. The lowest BCUT2D eigenvalue weighted by atomic mass is 9.81. The lowest BCUT2D eigenvalue weighted by molar-refractivity contribution is -0.384. The van der Waals surface area contributed by atoms with E-state index in [9.17, 15) is 29.3 Å². The van der Waals surface area contributed by atoms with Crippen molar-refractivity contribution < 1.29 is 37.9 Å². The Morgan fingerprint density at radius 2 is 1.92 bits per heavy atom. The van der Waals surface area contributed by atoms with Gasteiger partial charge in [-0.05, 0) is 73.2 Å². The molecule has 3 aliphatic rings. The van der Waals surface area contributed by atoms with E-state index in [1.807, 2.05) is 0 Å². The molecule has 2 aromatic carbocycles. The first-order valence-electron chi connectivity index (χ1n) is 16.5. The molecule has 14 nitrogen and oxygen atoms in total. The summed E-state index contributed by atoms with van der Waals surface area (Å²) in [7, 11) is 0. The molecule has 1 amide bonds. The molecule has 2 atom stereocenters. The number of nitrogens with zero attached hydrogens (tertiary/aromatic N) is 4. The summed E-state index contributed by atoms with van der Waals surface area (Å²) in [6.07, 6.45) is 1.01. The molecule has 2 aliphatic heterocycles. The van der Waals surface area contributed by atoms with E-state index in [4.69, 9.17) is 19.2 Å². The minimum atomic E-state index is -2.09. The molecule has 3 aromatic heterocycles. The number of nitrogens with one attached hydrogen (secondary N) is 1. The zero-order chi connectivity index (χ0) is 36.5. The van der Waals surface area contributed by atoms with E-state index in [0.717, 1.165) is 17.7 Å². The van der Waals surface area contributed by atoms with Gasteiger partial charge in [-0.2, -0.15) is 0 Å². The van der Waals surface area contributed by atoms with Crippen LogP contribution in [0.25, 0.3) is 22.3 Å². The minimum Gasteiger partial charge on any atom is -0.457 e. The number of carbonyl (C=O) groups is 3. The third-order valence-electron chi connectivity index (χ3n) is 10.1. The van der Waals surface area contributed by atoms with Crippen molar-refractivity contribution in [2.45, 2.75) is 57.9 Å². The summed E-state index contributed by atoms with van der Waals surface area (Å²) in [4.78, 5) is 73.7. The summed E-state index contributed by atoms with van der Waals surface area (Å²) < 4.78 is 33.2. The van der Waals surface area contributed by atoms with Gasteiger partial charge in [0.15, 0.2) is 0 Å². The van der Waals surface area contributed by atoms with Gasteiger partial charge in [-0.15, -0.1) is 0 Å². The van der Waals surface area contributed by atoms with Gasteiger partial charge in [0.1, 0.15) is 23.9 Å². The average Bonchev–Trinajstić information content (AvgIpc) is 3.51. The molecule has 0 bridgehead atoms. The third kappa shape index (κ3) is 4.99. The molecule has 5 aromatic rings. The first-order chi connectivity index (χ1) is 25.0. The molecule has 0 spiro atoms. The highest BCUT2D eigenvalue weighted by Crippen LogP contribution is 2.46. The lowest BCUT2D eigenvalue weighted by Crippen LogP contribution is -2.47. The van der Waals surface area contributed by atoms with Crippen LogP contribution in [0.3, 0.4) is 0 Å². The van der Waals surface area contributed by atoms with E-state index >= 15 is 4.39 Å². The number of aromatic nitrogens is 3. The number of hydrogen-bond donors (Lipinski definition) is 1. The van der Waals surface area contributed by atoms with Gasteiger partial charge in [0.05, 0.1) is 40.0 Å². The van der Waals surface area contributed by atoms with Crippen LogP contribution in [0.5, 0.6) is 5.75 Å². The van der Waals surface area contributed by atoms with Crippen LogP contribution in [-0.4, -0.2) is 37.5 Å². The van der Waals surface area contributed by atoms with Crippen LogP contribution < -0.4 is 15.6 Å². The van der Waals surface area contributed by atoms with E-state index < -0.39 is 46.0 Å². The number of rotatable bonds is 6. The largest absolute Gasteiger partial charge is 0.515 e. The molecule has 262 valence electrons. The van der Waals surface area contributed by atoms with Crippen LogP contribution in [0.2, 0.25) is 0 Å². The van der Waals surface area contributed by atoms with E-state index in [2.05, 4.69) is 10.3 Å². The van der Waals surface area contributed by atoms with E-state index in [-0.39, 0.29) is 47.8 Å².